The van der Waals surface area contributed by atoms with E-state index in [2.05, 4.69) is 31.2 Å². The second-order valence-electron chi connectivity index (χ2n) is 6.31. The van der Waals surface area contributed by atoms with Crippen LogP contribution in [0.5, 0.6) is 5.75 Å². The zero-order valence-electron chi connectivity index (χ0n) is 14.9. The molecule has 0 aromatic heterocycles. The highest BCUT2D eigenvalue weighted by Gasteiger charge is 2.18. The highest BCUT2D eigenvalue weighted by atomic mass is 19.1. The van der Waals surface area contributed by atoms with Gasteiger partial charge in [0.1, 0.15) is 0 Å². The summed E-state index contributed by atoms with van der Waals surface area (Å²) >= 11 is 0. The van der Waals surface area contributed by atoms with E-state index in [-0.39, 0.29) is 12.1 Å². The maximum Gasteiger partial charge on any atom is 0.165 e. The number of hydrogen-bond donors (Lipinski definition) is 0. The summed E-state index contributed by atoms with van der Waals surface area (Å²) in [5.74, 6) is -0.0229. The van der Waals surface area contributed by atoms with E-state index in [1.807, 2.05) is 6.07 Å². The summed E-state index contributed by atoms with van der Waals surface area (Å²) in [7, 11) is 1.50. The third kappa shape index (κ3) is 4.39. The number of methoxy groups -OCH3 is 1. The van der Waals surface area contributed by atoms with Crippen molar-refractivity contribution in [3.8, 4) is 16.9 Å². The molecule has 134 valence electrons. The van der Waals surface area contributed by atoms with Gasteiger partial charge < -0.3 is 14.2 Å². The van der Waals surface area contributed by atoms with E-state index in [1.165, 1.54) is 12.7 Å². The zero-order valence-corrected chi connectivity index (χ0v) is 14.9. The third-order valence-corrected chi connectivity index (χ3v) is 4.49. The van der Waals surface area contributed by atoms with Crippen molar-refractivity contribution in [3.05, 3.63) is 53.3 Å². The van der Waals surface area contributed by atoms with Crippen molar-refractivity contribution < 1.29 is 18.6 Å². The van der Waals surface area contributed by atoms with Gasteiger partial charge in [0.05, 0.1) is 20.3 Å². The van der Waals surface area contributed by atoms with Crippen LogP contribution in [0.3, 0.4) is 0 Å². The maximum absolute atomic E-state index is 14.5. The van der Waals surface area contributed by atoms with Gasteiger partial charge in [-0.15, -0.1) is 0 Å². The van der Waals surface area contributed by atoms with Crippen LogP contribution in [-0.4, -0.2) is 26.6 Å². The predicted molar refractivity (Wildman–Crippen MR) is 96.4 cm³/mol. The molecule has 0 radical (unpaired) electrons. The fourth-order valence-corrected chi connectivity index (χ4v) is 3.23. The van der Waals surface area contributed by atoms with Crippen molar-refractivity contribution in [3.63, 3.8) is 0 Å². The lowest BCUT2D eigenvalue weighted by Crippen LogP contribution is -2.09. The first kappa shape index (κ1) is 17.9. The van der Waals surface area contributed by atoms with Crippen LogP contribution in [0.4, 0.5) is 4.39 Å². The molecule has 1 saturated heterocycles. The van der Waals surface area contributed by atoms with Gasteiger partial charge in [0.25, 0.3) is 0 Å². The van der Waals surface area contributed by atoms with Gasteiger partial charge in [0.2, 0.25) is 0 Å². The molecular weight excluding hydrogens is 319 g/mol. The first-order chi connectivity index (χ1) is 12.2. The molecule has 1 heterocycles. The number of ether oxygens (including phenoxy) is 3. The quantitative estimate of drug-likeness (QED) is 0.725. The lowest BCUT2D eigenvalue weighted by atomic mass is 9.98. The SMILES string of the molecule is CCCc1ccc(-c2cc(F)c(OC)c(CCC3OCCO3)c2)cc1. The van der Waals surface area contributed by atoms with Gasteiger partial charge in [0, 0.05) is 6.42 Å². The summed E-state index contributed by atoms with van der Waals surface area (Å²) in [6.45, 7) is 3.41. The highest BCUT2D eigenvalue weighted by molar-refractivity contribution is 5.66. The van der Waals surface area contributed by atoms with Crippen molar-refractivity contribution in [1.29, 1.82) is 0 Å². The van der Waals surface area contributed by atoms with Crippen LogP contribution in [0.2, 0.25) is 0 Å². The van der Waals surface area contributed by atoms with Gasteiger partial charge in [0.15, 0.2) is 17.9 Å². The average Bonchev–Trinajstić information content (AvgIpc) is 3.14. The van der Waals surface area contributed by atoms with E-state index >= 15 is 0 Å². The normalized spacial score (nSPS) is 14.8. The predicted octanol–water partition coefficient (Wildman–Crippen LogP) is 4.76. The third-order valence-electron chi connectivity index (χ3n) is 4.49. The summed E-state index contributed by atoms with van der Waals surface area (Å²) in [5, 5.41) is 0. The first-order valence-corrected chi connectivity index (χ1v) is 8.90. The molecule has 0 unspecified atom stereocenters. The van der Waals surface area contributed by atoms with Crippen LogP contribution in [0.25, 0.3) is 11.1 Å². The largest absolute Gasteiger partial charge is 0.493 e. The Morgan fingerprint density at radius 2 is 1.76 bits per heavy atom. The van der Waals surface area contributed by atoms with Gasteiger partial charge in [-0.2, -0.15) is 0 Å². The molecule has 1 aliphatic heterocycles. The zero-order chi connectivity index (χ0) is 17.6. The molecule has 0 bridgehead atoms. The van der Waals surface area contributed by atoms with E-state index in [1.54, 1.807) is 6.07 Å². The Kier molecular flexibility index (Phi) is 6.05. The van der Waals surface area contributed by atoms with Gasteiger partial charge in [-0.3, -0.25) is 0 Å². The van der Waals surface area contributed by atoms with Gasteiger partial charge in [-0.1, -0.05) is 37.6 Å². The molecular formula is C21H25FO3. The van der Waals surface area contributed by atoms with Crippen LogP contribution >= 0.6 is 0 Å². The van der Waals surface area contributed by atoms with Crippen LogP contribution in [0.1, 0.15) is 30.9 Å². The number of aryl methyl sites for hydroxylation is 2. The van der Waals surface area contributed by atoms with Crippen molar-refractivity contribution in [2.24, 2.45) is 0 Å². The number of benzene rings is 2. The molecule has 0 atom stereocenters. The molecule has 1 aliphatic rings. The fraction of sp³-hybridized carbons (Fsp3) is 0.429. The van der Waals surface area contributed by atoms with Crippen LogP contribution in [0.15, 0.2) is 36.4 Å². The molecule has 0 saturated carbocycles. The Morgan fingerprint density at radius 1 is 1.04 bits per heavy atom. The van der Waals surface area contributed by atoms with Crippen molar-refractivity contribution >= 4 is 0 Å². The standard InChI is InChI=1S/C21H25FO3/c1-3-4-15-5-7-16(8-6-15)18-13-17(21(23-2)19(22)14-18)9-10-20-24-11-12-25-20/h5-8,13-14,20H,3-4,9-12H2,1-2H3. The molecule has 2 aromatic carbocycles. The van der Waals surface area contributed by atoms with E-state index < -0.39 is 0 Å². The molecule has 0 N–H and O–H groups in total. The average molecular weight is 344 g/mol. The van der Waals surface area contributed by atoms with Gasteiger partial charge in [-0.05, 0) is 47.2 Å². The fourth-order valence-electron chi connectivity index (χ4n) is 3.23. The molecule has 2 aromatic rings. The minimum atomic E-state index is -0.333. The lowest BCUT2D eigenvalue weighted by molar-refractivity contribution is -0.0462. The van der Waals surface area contributed by atoms with E-state index in [0.29, 0.717) is 31.8 Å². The van der Waals surface area contributed by atoms with E-state index in [4.69, 9.17) is 14.2 Å². The van der Waals surface area contributed by atoms with Crippen LogP contribution in [-0.2, 0) is 22.3 Å². The Hall–Kier alpha value is -1.91. The van der Waals surface area contributed by atoms with Crippen molar-refractivity contribution in [2.75, 3.05) is 20.3 Å². The minimum Gasteiger partial charge on any atom is -0.493 e. The first-order valence-electron chi connectivity index (χ1n) is 8.90. The smallest absolute Gasteiger partial charge is 0.165 e. The summed E-state index contributed by atoms with van der Waals surface area (Å²) in [4.78, 5) is 0. The topological polar surface area (TPSA) is 27.7 Å². The number of rotatable bonds is 7. The van der Waals surface area contributed by atoms with Crippen LogP contribution in [0, 0.1) is 5.82 Å². The molecule has 0 spiro atoms. The van der Waals surface area contributed by atoms with Crippen molar-refractivity contribution in [2.45, 2.75) is 38.9 Å². The monoisotopic (exact) mass is 344 g/mol. The van der Waals surface area contributed by atoms with E-state index in [9.17, 15) is 4.39 Å². The van der Waals surface area contributed by atoms with Gasteiger partial charge >= 0.3 is 0 Å². The molecule has 25 heavy (non-hydrogen) atoms. The number of halogens is 1. The van der Waals surface area contributed by atoms with Crippen LogP contribution < -0.4 is 4.74 Å². The molecule has 1 fully saturated rings. The Morgan fingerprint density at radius 3 is 2.40 bits per heavy atom. The second kappa shape index (κ2) is 8.45. The summed E-state index contributed by atoms with van der Waals surface area (Å²) < 4.78 is 30.7. The van der Waals surface area contributed by atoms with Crippen molar-refractivity contribution in [1.82, 2.24) is 0 Å². The Balaban J connectivity index is 1.83. The maximum atomic E-state index is 14.5. The molecule has 3 nitrogen and oxygen atoms in total. The molecule has 4 heteroatoms. The lowest BCUT2D eigenvalue weighted by Gasteiger charge is -2.14. The summed E-state index contributed by atoms with van der Waals surface area (Å²) in [6, 6.07) is 11.9. The molecule has 0 aliphatic carbocycles. The molecule has 0 amide bonds. The number of hydrogen-bond acceptors (Lipinski definition) is 3. The highest BCUT2D eigenvalue weighted by Crippen LogP contribution is 2.31. The Bertz CT molecular complexity index is 691. The second-order valence-corrected chi connectivity index (χ2v) is 6.31. The van der Waals surface area contributed by atoms with Gasteiger partial charge in [-0.25, -0.2) is 4.39 Å². The summed E-state index contributed by atoms with van der Waals surface area (Å²) in [6.07, 6.45) is 3.31. The summed E-state index contributed by atoms with van der Waals surface area (Å²) in [5.41, 5.74) is 4.02. The molecule has 3 rings (SSSR count). The minimum absolute atomic E-state index is 0.204. The van der Waals surface area contributed by atoms with E-state index in [0.717, 1.165) is 29.5 Å². The Labute approximate surface area is 148 Å².